The summed E-state index contributed by atoms with van der Waals surface area (Å²) in [6.07, 6.45) is -8.11. The predicted octanol–water partition coefficient (Wildman–Crippen LogP) is 1.06. The fraction of sp³-hybridized carbons (Fsp3) is 0.800. The third-order valence-corrected chi connectivity index (χ3v) is 6.35. The number of Topliss-reactive ketones (excluding diaryl/α,β-unsaturated/α-hetero) is 1. The van der Waals surface area contributed by atoms with Crippen molar-refractivity contribution in [2.45, 2.75) is 56.7 Å². The Morgan fingerprint density at radius 1 is 1.14 bits per heavy atom. The number of alkyl halides is 6. The Balaban J connectivity index is 1.67. The first-order valence-corrected chi connectivity index (χ1v) is 10.9. The van der Waals surface area contributed by atoms with Gasteiger partial charge >= 0.3 is 12.5 Å². The van der Waals surface area contributed by atoms with Crippen molar-refractivity contribution in [3.8, 4) is 0 Å². The minimum atomic E-state index is -5.08. The average Bonchev–Trinajstić information content (AvgIpc) is 3.19. The van der Waals surface area contributed by atoms with Crippen LogP contribution in [-0.2, 0) is 28.7 Å². The van der Waals surface area contributed by atoms with Gasteiger partial charge in [0, 0.05) is 19.0 Å². The molecule has 3 aliphatic rings. The van der Waals surface area contributed by atoms with Gasteiger partial charge in [-0.15, -0.1) is 13.2 Å². The van der Waals surface area contributed by atoms with Crippen LogP contribution in [0.25, 0.3) is 0 Å². The minimum absolute atomic E-state index is 0.111. The average molecular weight is 517 g/mol. The van der Waals surface area contributed by atoms with Crippen LogP contribution in [-0.4, -0.2) is 85.9 Å². The molecule has 3 amide bonds. The second-order valence-electron chi connectivity index (χ2n) is 9.12. The van der Waals surface area contributed by atoms with E-state index in [0.29, 0.717) is 25.8 Å². The van der Waals surface area contributed by atoms with Gasteiger partial charge in [0.2, 0.25) is 17.7 Å². The number of halogens is 6. The zero-order valence-corrected chi connectivity index (χ0v) is 18.5. The van der Waals surface area contributed by atoms with Crippen molar-refractivity contribution in [1.29, 1.82) is 0 Å². The van der Waals surface area contributed by atoms with Crippen molar-refractivity contribution in [2.75, 3.05) is 32.9 Å². The highest BCUT2D eigenvalue weighted by Gasteiger charge is 2.55. The molecular formula is C20H25F6N3O6. The fourth-order valence-electron chi connectivity index (χ4n) is 4.38. The number of nitrogens with zero attached hydrogens (tertiary/aromatic N) is 1. The Bertz CT molecular complexity index is 844. The topological polar surface area (TPSA) is 114 Å². The molecule has 2 heterocycles. The Kier molecular flexibility index (Phi) is 7.99. The number of amides is 3. The van der Waals surface area contributed by atoms with Crippen molar-refractivity contribution >= 4 is 23.5 Å². The third kappa shape index (κ3) is 7.78. The standard InChI is InChI=1S/C20H25F6N3O6/c21-19(22,23)10-34-8-15(31)29-9-18(2-3-18)6-13(29)17(33)28-12(5-11-1-4-27-16(11)32)14(30)7-35-20(24,25)26/h11-13H,1-10H2,(H,27,32)(H,28,33)/t11-,12-,13-/m0/s1. The van der Waals surface area contributed by atoms with Crippen LogP contribution in [0.5, 0.6) is 0 Å². The van der Waals surface area contributed by atoms with Gasteiger partial charge in [0.05, 0.1) is 6.04 Å². The smallest absolute Gasteiger partial charge is 0.362 e. The molecular weight excluding hydrogens is 492 g/mol. The summed E-state index contributed by atoms with van der Waals surface area (Å²) in [7, 11) is 0. The Morgan fingerprint density at radius 2 is 1.83 bits per heavy atom. The van der Waals surface area contributed by atoms with Crippen molar-refractivity contribution in [3.05, 3.63) is 0 Å². The Labute approximate surface area is 195 Å². The molecule has 1 spiro atoms. The van der Waals surface area contributed by atoms with Gasteiger partial charge in [0.25, 0.3) is 0 Å². The van der Waals surface area contributed by atoms with Crippen LogP contribution in [0.2, 0.25) is 0 Å². The number of likely N-dealkylation sites (tertiary alicyclic amines) is 1. The lowest BCUT2D eigenvalue weighted by molar-refractivity contribution is -0.321. The Morgan fingerprint density at radius 3 is 2.37 bits per heavy atom. The SMILES string of the molecule is O=C1NCC[C@H]1C[C@H](NC(=O)[C@@H]1CC2(CC2)CN1C(=O)COCC(F)(F)F)C(=O)COC(F)(F)F. The van der Waals surface area contributed by atoms with Crippen LogP contribution in [0.15, 0.2) is 0 Å². The van der Waals surface area contributed by atoms with Gasteiger partial charge in [0.1, 0.15) is 25.9 Å². The molecule has 0 unspecified atom stereocenters. The molecule has 0 aromatic rings. The highest BCUT2D eigenvalue weighted by Crippen LogP contribution is 2.54. The van der Waals surface area contributed by atoms with E-state index in [1.165, 1.54) is 0 Å². The van der Waals surface area contributed by atoms with Crippen LogP contribution in [0, 0.1) is 11.3 Å². The van der Waals surface area contributed by atoms with Gasteiger partial charge in [-0.05, 0) is 37.5 Å². The summed E-state index contributed by atoms with van der Waals surface area (Å²) in [6.45, 7) is -3.52. The molecule has 0 aromatic carbocycles. The predicted molar refractivity (Wildman–Crippen MR) is 103 cm³/mol. The second-order valence-corrected chi connectivity index (χ2v) is 9.12. The number of hydrogen-bond acceptors (Lipinski definition) is 6. The van der Waals surface area contributed by atoms with E-state index in [2.05, 4.69) is 20.1 Å². The summed E-state index contributed by atoms with van der Waals surface area (Å²) in [4.78, 5) is 51.0. The van der Waals surface area contributed by atoms with E-state index in [-0.39, 0.29) is 24.8 Å². The van der Waals surface area contributed by atoms with Crippen molar-refractivity contribution in [2.24, 2.45) is 11.3 Å². The summed E-state index contributed by atoms with van der Waals surface area (Å²) in [5.41, 5.74) is -0.369. The number of carbonyl (C=O) groups excluding carboxylic acids is 4. The van der Waals surface area contributed by atoms with Gasteiger partial charge in [-0.2, -0.15) is 13.2 Å². The molecule has 3 rings (SSSR count). The molecule has 2 aliphatic heterocycles. The molecule has 1 aliphatic carbocycles. The zero-order chi connectivity index (χ0) is 26.0. The van der Waals surface area contributed by atoms with E-state index in [1.807, 2.05) is 0 Å². The summed E-state index contributed by atoms with van der Waals surface area (Å²) < 4.78 is 82.2. The van der Waals surface area contributed by atoms with E-state index in [9.17, 15) is 45.5 Å². The lowest BCUT2D eigenvalue weighted by Gasteiger charge is -2.27. The normalized spacial score (nSPS) is 24.4. The molecule has 3 atom stereocenters. The summed E-state index contributed by atoms with van der Waals surface area (Å²) in [5.74, 6) is -3.94. The van der Waals surface area contributed by atoms with Gasteiger partial charge in [-0.3, -0.25) is 23.9 Å². The van der Waals surface area contributed by atoms with Gasteiger partial charge in [-0.1, -0.05) is 0 Å². The van der Waals surface area contributed by atoms with E-state index >= 15 is 0 Å². The van der Waals surface area contributed by atoms with E-state index < -0.39 is 73.9 Å². The third-order valence-electron chi connectivity index (χ3n) is 6.35. The molecule has 35 heavy (non-hydrogen) atoms. The second kappa shape index (κ2) is 10.3. The van der Waals surface area contributed by atoms with E-state index in [0.717, 1.165) is 4.90 Å². The zero-order valence-electron chi connectivity index (χ0n) is 18.5. The first-order chi connectivity index (χ1) is 16.2. The van der Waals surface area contributed by atoms with Gasteiger partial charge in [-0.25, -0.2) is 0 Å². The van der Waals surface area contributed by atoms with Crippen molar-refractivity contribution < 1.29 is 55.0 Å². The minimum Gasteiger partial charge on any atom is -0.362 e. The molecule has 2 saturated heterocycles. The van der Waals surface area contributed by atoms with E-state index in [4.69, 9.17) is 0 Å². The highest BCUT2D eigenvalue weighted by molar-refractivity contribution is 5.94. The van der Waals surface area contributed by atoms with E-state index in [1.54, 1.807) is 0 Å². The fourth-order valence-corrected chi connectivity index (χ4v) is 4.38. The maximum absolute atomic E-state index is 13.0. The molecule has 198 valence electrons. The number of ether oxygens (including phenoxy) is 2. The molecule has 0 aromatic heterocycles. The van der Waals surface area contributed by atoms with Crippen molar-refractivity contribution in [1.82, 2.24) is 15.5 Å². The maximum atomic E-state index is 13.0. The van der Waals surface area contributed by atoms with Crippen LogP contribution in [0.1, 0.15) is 32.1 Å². The van der Waals surface area contributed by atoms with Gasteiger partial charge in [0.15, 0.2) is 5.78 Å². The molecule has 15 heteroatoms. The summed E-state index contributed by atoms with van der Waals surface area (Å²) in [5, 5.41) is 4.87. The molecule has 2 N–H and O–H groups in total. The number of ketones is 1. The number of hydrogen-bond donors (Lipinski definition) is 2. The lowest BCUT2D eigenvalue weighted by Crippen LogP contribution is -2.52. The van der Waals surface area contributed by atoms with Crippen molar-refractivity contribution in [3.63, 3.8) is 0 Å². The molecule has 1 saturated carbocycles. The quantitative estimate of drug-likeness (QED) is 0.419. The summed E-state index contributed by atoms with van der Waals surface area (Å²) in [6, 6.07) is -2.64. The molecule has 0 radical (unpaired) electrons. The Hall–Kier alpha value is -2.42. The number of nitrogens with one attached hydrogen (secondary N) is 2. The molecule has 3 fully saturated rings. The summed E-state index contributed by atoms with van der Waals surface area (Å²) >= 11 is 0. The number of carbonyl (C=O) groups is 4. The molecule has 0 bridgehead atoms. The van der Waals surface area contributed by atoms with Crippen LogP contribution in [0.3, 0.4) is 0 Å². The van der Waals surface area contributed by atoms with Crippen LogP contribution < -0.4 is 10.6 Å². The monoisotopic (exact) mass is 517 g/mol. The largest absolute Gasteiger partial charge is 0.522 e. The number of rotatable bonds is 10. The first kappa shape index (κ1) is 27.2. The molecule has 9 nitrogen and oxygen atoms in total. The van der Waals surface area contributed by atoms with Crippen LogP contribution in [0.4, 0.5) is 26.3 Å². The van der Waals surface area contributed by atoms with Gasteiger partial charge < -0.3 is 20.3 Å². The highest BCUT2D eigenvalue weighted by atomic mass is 19.4. The lowest BCUT2D eigenvalue weighted by atomic mass is 9.95. The first-order valence-electron chi connectivity index (χ1n) is 10.9. The maximum Gasteiger partial charge on any atom is 0.522 e. The van der Waals surface area contributed by atoms with Crippen LogP contribution >= 0.6 is 0 Å².